The molecule has 0 aromatic heterocycles. The summed E-state index contributed by atoms with van der Waals surface area (Å²) in [4.78, 5) is 0. The molecule has 3 atom stereocenters. The van der Waals surface area contributed by atoms with Gasteiger partial charge < -0.3 is 10.1 Å². The summed E-state index contributed by atoms with van der Waals surface area (Å²) in [7, 11) is -2.77. The Kier molecular flexibility index (Phi) is 5.04. The van der Waals surface area contributed by atoms with E-state index in [0.717, 1.165) is 45.4 Å². The molecule has 2 heterocycles. The molecule has 0 aromatic carbocycles. The van der Waals surface area contributed by atoms with Gasteiger partial charge in [0.25, 0.3) is 0 Å². The third-order valence-electron chi connectivity index (χ3n) is 4.18. The Bertz CT molecular complexity index is 349. The van der Waals surface area contributed by atoms with Crippen molar-refractivity contribution in [3.05, 3.63) is 0 Å². The smallest absolute Gasteiger partial charge is 0.150 e. The molecule has 0 aliphatic carbocycles. The predicted molar refractivity (Wildman–Crippen MR) is 72.4 cm³/mol. The fraction of sp³-hybridized carbons (Fsp3) is 1.00. The number of nitrogens with one attached hydrogen (secondary N) is 1. The lowest BCUT2D eigenvalue weighted by Crippen LogP contribution is -2.31. The second-order valence-corrected chi connectivity index (χ2v) is 7.83. The Balaban J connectivity index is 1.91. The summed E-state index contributed by atoms with van der Waals surface area (Å²) < 4.78 is 28.9. The van der Waals surface area contributed by atoms with Crippen LogP contribution in [0, 0.1) is 11.8 Å². The van der Waals surface area contributed by atoms with E-state index in [1.807, 2.05) is 0 Å². The number of ether oxygens (including phenoxy) is 1. The van der Waals surface area contributed by atoms with E-state index in [1.165, 1.54) is 0 Å². The second-order valence-electron chi connectivity index (χ2n) is 5.60. The molecule has 0 spiro atoms. The molecule has 2 aliphatic heterocycles. The summed E-state index contributed by atoms with van der Waals surface area (Å²) in [6, 6.07) is 0. The molecule has 2 fully saturated rings. The molecule has 0 aromatic rings. The first-order chi connectivity index (χ1) is 8.61. The van der Waals surface area contributed by atoms with Crippen LogP contribution in [0.25, 0.3) is 0 Å². The lowest BCUT2D eigenvalue weighted by molar-refractivity contribution is 0.0808. The van der Waals surface area contributed by atoms with Crippen molar-refractivity contribution >= 4 is 9.84 Å². The van der Waals surface area contributed by atoms with Gasteiger partial charge in [-0.2, -0.15) is 0 Å². The Labute approximate surface area is 110 Å². The molecule has 0 radical (unpaired) electrons. The van der Waals surface area contributed by atoms with Gasteiger partial charge in [0.15, 0.2) is 9.84 Å². The standard InChI is InChI=1S/C13H25NO3S/c1-2-14-9-12(8-13-4-3-6-17-13)11-5-7-18(15,16)10-11/h11-14H,2-10H2,1H3. The molecule has 4 nitrogen and oxygen atoms in total. The SMILES string of the molecule is CCNCC(CC1CCCO1)C1CCS(=O)(=O)C1. The lowest BCUT2D eigenvalue weighted by Gasteiger charge is -2.25. The summed E-state index contributed by atoms with van der Waals surface area (Å²) in [6.07, 6.45) is 4.51. The van der Waals surface area contributed by atoms with Crippen molar-refractivity contribution in [2.24, 2.45) is 11.8 Å². The van der Waals surface area contributed by atoms with Crippen LogP contribution in [0.1, 0.15) is 32.6 Å². The van der Waals surface area contributed by atoms with Crippen molar-refractivity contribution in [3.63, 3.8) is 0 Å². The van der Waals surface area contributed by atoms with E-state index in [2.05, 4.69) is 12.2 Å². The molecular formula is C13H25NO3S. The molecule has 18 heavy (non-hydrogen) atoms. The first-order valence-electron chi connectivity index (χ1n) is 7.13. The Morgan fingerprint density at radius 2 is 2.22 bits per heavy atom. The molecule has 5 heteroatoms. The summed E-state index contributed by atoms with van der Waals surface area (Å²) in [5, 5.41) is 3.38. The lowest BCUT2D eigenvalue weighted by atomic mass is 9.86. The maximum absolute atomic E-state index is 11.6. The molecule has 2 aliphatic rings. The summed E-state index contributed by atoms with van der Waals surface area (Å²) in [5.74, 6) is 1.55. The Morgan fingerprint density at radius 3 is 2.78 bits per heavy atom. The third kappa shape index (κ3) is 3.93. The van der Waals surface area contributed by atoms with Crippen molar-refractivity contribution in [1.82, 2.24) is 5.32 Å². The maximum atomic E-state index is 11.6. The van der Waals surface area contributed by atoms with E-state index >= 15 is 0 Å². The van der Waals surface area contributed by atoms with E-state index in [1.54, 1.807) is 0 Å². The Morgan fingerprint density at radius 1 is 1.39 bits per heavy atom. The molecule has 2 rings (SSSR count). The molecule has 3 unspecified atom stereocenters. The first-order valence-corrected chi connectivity index (χ1v) is 8.95. The van der Waals surface area contributed by atoms with Gasteiger partial charge in [-0.1, -0.05) is 6.92 Å². The molecule has 2 saturated heterocycles. The number of hydrogen-bond acceptors (Lipinski definition) is 4. The highest BCUT2D eigenvalue weighted by atomic mass is 32.2. The summed E-state index contributed by atoms with van der Waals surface area (Å²) in [6.45, 7) is 4.84. The van der Waals surface area contributed by atoms with Crippen molar-refractivity contribution in [3.8, 4) is 0 Å². The highest BCUT2D eigenvalue weighted by molar-refractivity contribution is 7.91. The van der Waals surface area contributed by atoms with Crippen LogP contribution in [-0.2, 0) is 14.6 Å². The van der Waals surface area contributed by atoms with Crippen LogP contribution >= 0.6 is 0 Å². The fourth-order valence-electron chi connectivity index (χ4n) is 3.14. The number of hydrogen-bond donors (Lipinski definition) is 1. The zero-order valence-corrected chi connectivity index (χ0v) is 12.0. The molecule has 0 amide bonds. The van der Waals surface area contributed by atoms with Gasteiger partial charge in [-0.15, -0.1) is 0 Å². The Hall–Kier alpha value is -0.130. The van der Waals surface area contributed by atoms with Gasteiger partial charge in [0.05, 0.1) is 17.6 Å². The predicted octanol–water partition coefficient (Wildman–Crippen LogP) is 1.22. The van der Waals surface area contributed by atoms with E-state index in [9.17, 15) is 8.42 Å². The van der Waals surface area contributed by atoms with Crippen LogP contribution < -0.4 is 5.32 Å². The number of rotatable bonds is 6. The van der Waals surface area contributed by atoms with Crippen LogP contribution in [0.15, 0.2) is 0 Å². The van der Waals surface area contributed by atoms with Gasteiger partial charge >= 0.3 is 0 Å². The average Bonchev–Trinajstić information content (AvgIpc) is 2.93. The quantitative estimate of drug-likeness (QED) is 0.792. The van der Waals surface area contributed by atoms with Crippen molar-refractivity contribution in [1.29, 1.82) is 0 Å². The maximum Gasteiger partial charge on any atom is 0.150 e. The molecule has 106 valence electrons. The van der Waals surface area contributed by atoms with Crippen LogP contribution in [0.4, 0.5) is 0 Å². The monoisotopic (exact) mass is 275 g/mol. The minimum absolute atomic E-state index is 0.332. The van der Waals surface area contributed by atoms with E-state index in [0.29, 0.717) is 29.4 Å². The topological polar surface area (TPSA) is 55.4 Å². The first kappa shape index (κ1) is 14.3. The van der Waals surface area contributed by atoms with Gasteiger partial charge in [0, 0.05) is 6.61 Å². The van der Waals surface area contributed by atoms with Gasteiger partial charge in [-0.3, -0.25) is 0 Å². The van der Waals surface area contributed by atoms with E-state index < -0.39 is 9.84 Å². The van der Waals surface area contributed by atoms with E-state index in [-0.39, 0.29) is 0 Å². The van der Waals surface area contributed by atoms with E-state index in [4.69, 9.17) is 4.74 Å². The largest absolute Gasteiger partial charge is 0.378 e. The molecular weight excluding hydrogens is 250 g/mol. The third-order valence-corrected chi connectivity index (χ3v) is 5.97. The second kappa shape index (κ2) is 6.35. The highest BCUT2D eigenvalue weighted by Crippen LogP contribution is 2.31. The molecule has 0 bridgehead atoms. The van der Waals surface area contributed by atoms with Crippen molar-refractivity contribution < 1.29 is 13.2 Å². The van der Waals surface area contributed by atoms with Crippen LogP contribution in [0.3, 0.4) is 0 Å². The fourth-order valence-corrected chi connectivity index (χ4v) is 5.06. The van der Waals surface area contributed by atoms with Gasteiger partial charge in [0.1, 0.15) is 0 Å². The zero-order chi connectivity index (χ0) is 13.0. The van der Waals surface area contributed by atoms with Crippen LogP contribution in [0.2, 0.25) is 0 Å². The van der Waals surface area contributed by atoms with Crippen LogP contribution in [-0.4, -0.2) is 45.7 Å². The summed E-state index contributed by atoms with van der Waals surface area (Å²) in [5.41, 5.74) is 0. The van der Waals surface area contributed by atoms with Gasteiger partial charge in [-0.05, 0) is 50.6 Å². The van der Waals surface area contributed by atoms with Crippen LogP contribution in [0.5, 0.6) is 0 Å². The van der Waals surface area contributed by atoms with Crippen molar-refractivity contribution in [2.45, 2.75) is 38.7 Å². The van der Waals surface area contributed by atoms with Gasteiger partial charge in [0.2, 0.25) is 0 Å². The minimum atomic E-state index is -2.77. The number of sulfone groups is 1. The molecule has 0 saturated carbocycles. The van der Waals surface area contributed by atoms with Gasteiger partial charge in [-0.25, -0.2) is 8.42 Å². The summed E-state index contributed by atoms with van der Waals surface area (Å²) >= 11 is 0. The minimum Gasteiger partial charge on any atom is -0.378 e. The zero-order valence-electron chi connectivity index (χ0n) is 11.2. The normalized spacial score (nSPS) is 32.7. The average molecular weight is 275 g/mol. The highest BCUT2D eigenvalue weighted by Gasteiger charge is 2.35. The van der Waals surface area contributed by atoms with Crippen molar-refractivity contribution in [2.75, 3.05) is 31.2 Å². The molecule has 1 N–H and O–H groups in total.